The van der Waals surface area contributed by atoms with E-state index in [-0.39, 0.29) is 11.6 Å². The number of aromatic nitrogens is 4. The van der Waals surface area contributed by atoms with Crippen molar-refractivity contribution in [2.75, 3.05) is 13.2 Å². The molecule has 1 saturated heterocycles. The lowest BCUT2D eigenvalue weighted by Crippen LogP contribution is -2.28. The minimum atomic E-state index is -4.78. The van der Waals surface area contributed by atoms with Crippen LogP contribution in [0.4, 0.5) is 13.2 Å². The molecule has 4 heterocycles. The van der Waals surface area contributed by atoms with E-state index in [1.807, 2.05) is 6.07 Å². The van der Waals surface area contributed by atoms with Crippen molar-refractivity contribution in [1.82, 2.24) is 19.6 Å². The summed E-state index contributed by atoms with van der Waals surface area (Å²) in [5, 5.41) is 14.5. The van der Waals surface area contributed by atoms with Gasteiger partial charge in [0.05, 0.1) is 24.4 Å². The third-order valence-electron chi connectivity index (χ3n) is 5.36. The van der Waals surface area contributed by atoms with Gasteiger partial charge < -0.3 is 4.74 Å². The van der Waals surface area contributed by atoms with Crippen LogP contribution in [0, 0.1) is 18.3 Å². The number of pyridine rings is 1. The van der Waals surface area contributed by atoms with Crippen molar-refractivity contribution in [1.29, 1.82) is 5.26 Å². The largest absolute Gasteiger partial charge is 0.436 e. The molecule has 0 saturated carbocycles. The zero-order chi connectivity index (χ0) is 21.9. The number of fused-ring (bicyclic) bond motifs is 2. The first-order chi connectivity index (χ1) is 14.8. The molecule has 1 fully saturated rings. The van der Waals surface area contributed by atoms with Crippen molar-refractivity contribution in [3.8, 4) is 17.2 Å². The van der Waals surface area contributed by atoms with Crippen LogP contribution in [0.1, 0.15) is 28.6 Å². The van der Waals surface area contributed by atoms with E-state index in [1.165, 1.54) is 0 Å². The van der Waals surface area contributed by atoms with Crippen LogP contribution < -0.4 is 0 Å². The topological polar surface area (TPSA) is 76.1 Å². The van der Waals surface area contributed by atoms with Gasteiger partial charge in [-0.25, -0.2) is 9.50 Å². The quantitative estimate of drug-likeness (QED) is 0.440. The molecule has 1 aliphatic heterocycles. The third kappa shape index (κ3) is 3.02. The van der Waals surface area contributed by atoms with Gasteiger partial charge in [-0.05, 0) is 30.7 Å². The molecule has 4 aromatic rings. The van der Waals surface area contributed by atoms with Gasteiger partial charge in [0.15, 0.2) is 11.3 Å². The van der Waals surface area contributed by atoms with Gasteiger partial charge in [0.25, 0.3) is 0 Å². The number of ether oxygens (including phenoxy) is 1. The predicted molar refractivity (Wildman–Crippen MR) is 107 cm³/mol. The van der Waals surface area contributed by atoms with Crippen LogP contribution in [0.25, 0.3) is 27.7 Å². The number of hydrogen-bond acceptors (Lipinski definition) is 5. The van der Waals surface area contributed by atoms with Crippen LogP contribution in [-0.4, -0.2) is 32.8 Å². The Morgan fingerprint density at radius 3 is 2.68 bits per heavy atom. The summed E-state index contributed by atoms with van der Waals surface area (Å²) in [7, 11) is 0. The van der Waals surface area contributed by atoms with Crippen LogP contribution >= 0.6 is 11.6 Å². The Morgan fingerprint density at radius 1 is 1.26 bits per heavy atom. The molecule has 0 radical (unpaired) electrons. The Hall–Kier alpha value is -3.22. The van der Waals surface area contributed by atoms with E-state index in [9.17, 15) is 18.4 Å². The molecule has 3 aromatic heterocycles. The van der Waals surface area contributed by atoms with Gasteiger partial charge in [0.2, 0.25) is 0 Å². The van der Waals surface area contributed by atoms with Gasteiger partial charge >= 0.3 is 6.18 Å². The number of nitriles is 1. The van der Waals surface area contributed by atoms with Gasteiger partial charge in [-0.15, -0.1) is 0 Å². The highest BCUT2D eigenvalue weighted by molar-refractivity contribution is 6.31. The molecule has 31 heavy (non-hydrogen) atoms. The van der Waals surface area contributed by atoms with Gasteiger partial charge in [-0.3, -0.25) is 4.98 Å². The van der Waals surface area contributed by atoms with Gasteiger partial charge in [0.1, 0.15) is 11.6 Å². The van der Waals surface area contributed by atoms with Gasteiger partial charge in [-0.2, -0.15) is 23.5 Å². The fourth-order valence-electron chi connectivity index (χ4n) is 3.93. The highest BCUT2D eigenvalue weighted by Gasteiger charge is 2.40. The monoisotopic (exact) mass is 443 g/mol. The molecular weight excluding hydrogens is 431 g/mol. The molecule has 5 rings (SSSR count). The fourth-order valence-corrected chi connectivity index (χ4v) is 4.10. The number of alkyl halides is 3. The second-order valence-corrected chi connectivity index (χ2v) is 7.72. The minimum absolute atomic E-state index is 0.112. The molecule has 10 heteroatoms. The molecular formula is C21H13ClF3N5O. The second-order valence-electron chi connectivity index (χ2n) is 7.28. The van der Waals surface area contributed by atoms with E-state index in [4.69, 9.17) is 16.3 Å². The first-order valence-electron chi connectivity index (χ1n) is 9.32. The molecule has 0 unspecified atom stereocenters. The number of nitrogens with zero attached hydrogens (tertiary/aromatic N) is 5. The number of hydrogen-bond donors (Lipinski definition) is 0. The molecule has 0 atom stereocenters. The minimum Gasteiger partial charge on any atom is -0.380 e. The first-order valence-corrected chi connectivity index (χ1v) is 9.70. The Bertz CT molecular complexity index is 1400. The number of benzene rings is 1. The zero-order valence-electron chi connectivity index (χ0n) is 16.0. The Labute approximate surface area is 178 Å². The lowest BCUT2D eigenvalue weighted by molar-refractivity contribution is -0.141. The highest BCUT2D eigenvalue weighted by atomic mass is 35.5. The molecule has 0 spiro atoms. The average Bonchev–Trinajstić information content (AvgIpc) is 3.05. The van der Waals surface area contributed by atoms with E-state index < -0.39 is 17.4 Å². The van der Waals surface area contributed by atoms with Crippen LogP contribution in [0.5, 0.6) is 0 Å². The lowest BCUT2D eigenvalue weighted by Gasteiger charge is -2.29. The van der Waals surface area contributed by atoms with E-state index in [0.717, 1.165) is 15.5 Å². The van der Waals surface area contributed by atoms with Crippen molar-refractivity contribution in [3.63, 3.8) is 0 Å². The Morgan fingerprint density at radius 2 is 2.03 bits per heavy atom. The summed E-state index contributed by atoms with van der Waals surface area (Å²) in [5.41, 5.74) is 1.12. The van der Waals surface area contributed by atoms with E-state index in [1.54, 1.807) is 37.4 Å². The van der Waals surface area contributed by atoms with E-state index in [0.29, 0.717) is 40.7 Å². The van der Waals surface area contributed by atoms with E-state index in [2.05, 4.69) is 15.1 Å². The molecule has 0 aliphatic carbocycles. The summed E-state index contributed by atoms with van der Waals surface area (Å²) in [4.78, 5) is 8.72. The average molecular weight is 444 g/mol. The van der Waals surface area contributed by atoms with Crippen molar-refractivity contribution >= 4 is 28.2 Å². The summed E-state index contributed by atoms with van der Waals surface area (Å²) in [5.74, 6) is -0.192. The molecule has 0 amide bonds. The highest BCUT2D eigenvalue weighted by Crippen LogP contribution is 2.40. The Balaban J connectivity index is 1.91. The third-order valence-corrected chi connectivity index (χ3v) is 5.60. The molecule has 0 N–H and O–H groups in total. The number of aryl methyl sites for hydroxylation is 1. The van der Waals surface area contributed by atoms with Crippen molar-refractivity contribution in [2.24, 2.45) is 0 Å². The lowest BCUT2D eigenvalue weighted by atomic mass is 9.91. The van der Waals surface area contributed by atoms with Gasteiger partial charge in [0, 0.05) is 33.8 Å². The molecule has 1 aliphatic rings. The maximum Gasteiger partial charge on any atom is 0.436 e. The standard InChI is InChI=1S/C21H13ClF3N5O/c1-10-17(14-4-5-27-16-6-12(22)2-3-13(14)16)18(11-8-31-9-11)30-20(28-10)15(7-26)19(29-30)21(23,24)25/h2-6,11H,8-9H2,1H3. The smallest absolute Gasteiger partial charge is 0.380 e. The van der Waals surface area contributed by atoms with Gasteiger partial charge in [-0.1, -0.05) is 17.7 Å². The predicted octanol–water partition coefficient (Wildman–Crippen LogP) is 4.91. The normalized spacial score (nSPS) is 14.7. The van der Waals surface area contributed by atoms with Crippen molar-refractivity contribution < 1.29 is 17.9 Å². The Kier molecular flexibility index (Phi) is 4.39. The molecule has 1 aromatic carbocycles. The zero-order valence-corrected chi connectivity index (χ0v) is 16.8. The van der Waals surface area contributed by atoms with Crippen molar-refractivity contribution in [3.05, 3.63) is 58.1 Å². The maximum absolute atomic E-state index is 13.6. The van der Waals surface area contributed by atoms with Crippen LogP contribution in [0.3, 0.4) is 0 Å². The maximum atomic E-state index is 13.6. The first kappa shape index (κ1) is 19.7. The summed E-state index contributed by atoms with van der Waals surface area (Å²) in [6, 6.07) is 8.68. The summed E-state index contributed by atoms with van der Waals surface area (Å²) in [6.07, 6.45) is -3.16. The SMILES string of the molecule is Cc1nc2c(C#N)c(C(F)(F)F)nn2c(C2COC2)c1-c1ccnc2cc(Cl)ccc12. The number of rotatable bonds is 2. The van der Waals surface area contributed by atoms with Crippen LogP contribution in [-0.2, 0) is 10.9 Å². The fraction of sp³-hybridized carbons (Fsp3) is 0.238. The second kappa shape index (κ2) is 6.90. The van der Waals surface area contributed by atoms with Crippen molar-refractivity contribution in [2.45, 2.75) is 19.0 Å². The molecule has 6 nitrogen and oxygen atoms in total. The van der Waals surface area contributed by atoms with Crippen LogP contribution in [0.2, 0.25) is 5.02 Å². The van der Waals surface area contributed by atoms with E-state index >= 15 is 0 Å². The summed E-state index contributed by atoms with van der Waals surface area (Å²) < 4.78 is 47.2. The number of halogens is 4. The van der Waals surface area contributed by atoms with Crippen LogP contribution in [0.15, 0.2) is 30.5 Å². The molecule has 0 bridgehead atoms. The summed E-state index contributed by atoms with van der Waals surface area (Å²) >= 11 is 6.10. The summed E-state index contributed by atoms with van der Waals surface area (Å²) in [6.45, 7) is 2.38. The molecule has 156 valence electrons.